The SMILES string of the molecule is CCOc1ncccc1-c1ccc2c(n1)CN(C[C@H]1CCCN1)CC21CCN(c2ncc(Cl)cc2Cl)CC1. The van der Waals surface area contributed by atoms with Crippen LogP contribution in [0.5, 0.6) is 5.88 Å². The maximum Gasteiger partial charge on any atom is 0.222 e. The predicted octanol–water partition coefficient (Wildman–Crippen LogP) is 5.35. The largest absolute Gasteiger partial charge is 0.477 e. The Labute approximate surface area is 234 Å². The highest BCUT2D eigenvalue weighted by Crippen LogP contribution is 2.44. The minimum absolute atomic E-state index is 0.0464. The van der Waals surface area contributed by atoms with Crippen LogP contribution in [0.4, 0.5) is 5.82 Å². The van der Waals surface area contributed by atoms with Gasteiger partial charge in [-0.2, -0.15) is 0 Å². The molecule has 2 fully saturated rings. The molecule has 0 radical (unpaired) electrons. The van der Waals surface area contributed by atoms with Gasteiger partial charge in [-0.3, -0.25) is 9.88 Å². The Morgan fingerprint density at radius 3 is 2.79 bits per heavy atom. The van der Waals surface area contributed by atoms with Crippen molar-refractivity contribution >= 4 is 29.0 Å². The molecule has 1 spiro atoms. The lowest BCUT2D eigenvalue weighted by Crippen LogP contribution is -2.54. The van der Waals surface area contributed by atoms with Gasteiger partial charge in [0.1, 0.15) is 5.82 Å². The average Bonchev–Trinajstić information content (AvgIpc) is 3.43. The molecule has 2 saturated heterocycles. The van der Waals surface area contributed by atoms with Gasteiger partial charge in [-0.25, -0.2) is 9.97 Å². The van der Waals surface area contributed by atoms with Crippen LogP contribution in [0, 0.1) is 0 Å². The van der Waals surface area contributed by atoms with E-state index in [1.165, 1.54) is 24.1 Å². The lowest BCUT2D eigenvalue weighted by Gasteiger charge is -2.49. The third-order valence-electron chi connectivity index (χ3n) is 8.22. The van der Waals surface area contributed by atoms with Crippen LogP contribution in [0.25, 0.3) is 11.3 Å². The number of rotatable bonds is 6. The molecule has 3 aliphatic rings. The summed E-state index contributed by atoms with van der Waals surface area (Å²) in [7, 11) is 0. The number of nitrogens with one attached hydrogen (secondary N) is 1. The van der Waals surface area contributed by atoms with Gasteiger partial charge >= 0.3 is 0 Å². The van der Waals surface area contributed by atoms with Crippen molar-refractivity contribution in [2.75, 3.05) is 44.2 Å². The van der Waals surface area contributed by atoms with Crippen molar-refractivity contribution in [3.63, 3.8) is 0 Å². The zero-order chi connectivity index (χ0) is 26.1. The van der Waals surface area contributed by atoms with E-state index in [0.29, 0.717) is 28.6 Å². The Kier molecular flexibility index (Phi) is 7.45. The molecule has 0 saturated carbocycles. The number of piperidine rings is 1. The van der Waals surface area contributed by atoms with Gasteiger partial charge in [0.2, 0.25) is 5.88 Å². The molecule has 6 heterocycles. The van der Waals surface area contributed by atoms with E-state index in [-0.39, 0.29) is 5.41 Å². The molecule has 0 aromatic carbocycles. The van der Waals surface area contributed by atoms with Crippen molar-refractivity contribution in [2.24, 2.45) is 0 Å². The highest BCUT2D eigenvalue weighted by Gasteiger charge is 2.43. The Morgan fingerprint density at radius 2 is 2.03 bits per heavy atom. The summed E-state index contributed by atoms with van der Waals surface area (Å²) in [4.78, 5) is 19.2. The molecular formula is C29H34Cl2N6O. The summed E-state index contributed by atoms with van der Waals surface area (Å²) in [5.41, 5.74) is 4.47. The minimum Gasteiger partial charge on any atom is -0.477 e. The van der Waals surface area contributed by atoms with E-state index in [4.69, 9.17) is 32.9 Å². The molecule has 3 aromatic rings. The monoisotopic (exact) mass is 552 g/mol. The standard InChI is InChI=1S/C29H34Cl2N6O/c1-2-38-28-22(6-4-12-33-28)25-8-7-23-26(35-25)18-36(17-21-5-3-11-32-21)19-29(23)9-13-37(14-10-29)27-24(31)15-20(30)16-34-27/h4,6-8,12,15-16,21,32H,2-3,5,9-11,13-14,17-19H2,1H3/t21-/m1/s1. The first-order valence-corrected chi connectivity index (χ1v) is 14.4. The van der Waals surface area contributed by atoms with Crippen LogP contribution >= 0.6 is 23.2 Å². The minimum atomic E-state index is 0.0464. The van der Waals surface area contributed by atoms with E-state index in [9.17, 15) is 0 Å². The Hall–Kier alpha value is -2.45. The topological polar surface area (TPSA) is 66.4 Å². The van der Waals surface area contributed by atoms with E-state index in [2.05, 4.69) is 37.2 Å². The summed E-state index contributed by atoms with van der Waals surface area (Å²) in [5, 5.41) is 4.86. The smallest absolute Gasteiger partial charge is 0.222 e. The van der Waals surface area contributed by atoms with Gasteiger partial charge in [0.05, 0.1) is 33.6 Å². The number of pyridine rings is 3. The number of ether oxygens (including phenoxy) is 1. The fraction of sp³-hybridized carbons (Fsp3) is 0.483. The van der Waals surface area contributed by atoms with Gasteiger partial charge < -0.3 is 15.0 Å². The quantitative estimate of drug-likeness (QED) is 0.442. The van der Waals surface area contributed by atoms with Crippen LogP contribution < -0.4 is 15.0 Å². The number of aromatic nitrogens is 3. The Morgan fingerprint density at radius 1 is 1.16 bits per heavy atom. The molecule has 38 heavy (non-hydrogen) atoms. The molecule has 9 heteroatoms. The van der Waals surface area contributed by atoms with Crippen molar-refractivity contribution in [2.45, 2.75) is 50.6 Å². The summed E-state index contributed by atoms with van der Waals surface area (Å²) in [6.07, 6.45) is 7.99. The van der Waals surface area contributed by atoms with E-state index in [1.807, 2.05) is 19.1 Å². The molecular weight excluding hydrogens is 519 g/mol. The third-order valence-corrected chi connectivity index (χ3v) is 8.71. The van der Waals surface area contributed by atoms with Crippen LogP contribution in [0.15, 0.2) is 42.7 Å². The van der Waals surface area contributed by atoms with Crippen molar-refractivity contribution in [3.05, 3.63) is 64.0 Å². The second kappa shape index (κ2) is 11.0. The number of halogens is 2. The number of hydrogen-bond donors (Lipinski definition) is 1. The molecule has 0 aliphatic carbocycles. The highest BCUT2D eigenvalue weighted by molar-refractivity contribution is 6.36. The molecule has 3 aliphatic heterocycles. The molecule has 0 unspecified atom stereocenters. The lowest BCUT2D eigenvalue weighted by atomic mass is 9.69. The summed E-state index contributed by atoms with van der Waals surface area (Å²) in [5.74, 6) is 1.46. The number of nitrogens with zero attached hydrogens (tertiary/aromatic N) is 5. The Balaban J connectivity index is 1.32. The number of hydrogen-bond acceptors (Lipinski definition) is 7. The summed E-state index contributed by atoms with van der Waals surface area (Å²) >= 11 is 12.6. The summed E-state index contributed by atoms with van der Waals surface area (Å²) < 4.78 is 5.83. The molecule has 3 aromatic heterocycles. The highest BCUT2D eigenvalue weighted by atomic mass is 35.5. The first-order chi connectivity index (χ1) is 18.5. The van der Waals surface area contributed by atoms with E-state index < -0.39 is 0 Å². The first-order valence-electron chi connectivity index (χ1n) is 13.6. The second-order valence-corrected chi connectivity index (χ2v) is 11.5. The van der Waals surface area contributed by atoms with E-state index >= 15 is 0 Å². The Bertz CT molecular complexity index is 1290. The fourth-order valence-electron chi connectivity index (χ4n) is 6.44. The lowest BCUT2D eigenvalue weighted by molar-refractivity contribution is 0.139. The van der Waals surface area contributed by atoms with Crippen LogP contribution in [0.3, 0.4) is 0 Å². The third kappa shape index (κ3) is 5.09. The summed E-state index contributed by atoms with van der Waals surface area (Å²) in [6.45, 7) is 8.42. The molecule has 0 bridgehead atoms. The van der Waals surface area contributed by atoms with Crippen LogP contribution in [0.1, 0.15) is 43.9 Å². The summed E-state index contributed by atoms with van der Waals surface area (Å²) in [6, 6.07) is 10.8. The average molecular weight is 554 g/mol. The molecule has 7 nitrogen and oxygen atoms in total. The van der Waals surface area contributed by atoms with Crippen LogP contribution in [-0.2, 0) is 12.0 Å². The van der Waals surface area contributed by atoms with Crippen molar-refractivity contribution in [1.29, 1.82) is 0 Å². The fourth-order valence-corrected chi connectivity index (χ4v) is 6.94. The zero-order valence-corrected chi connectivity index (χ0v) is 23.3. The van der Waals surface area contributed by atoms with Gasteiger partial charge in [-0.1, -0.05) is 29.3 Å². The molecule has 0 amide bonds. The molecule has 200 valence electrons. The van der Waals surface area contributed by atoms with Crippen LogP contribution in [-0.4, -0.2) is 65.2 Å². The van der Waals surface area contributed by atoms with Crippen molar-refractivity contribution in [3.8, 4) is 17.1 Å². The van der Waals surface area contributed by atoms with Gasteiger partial charge in [0.25, 0.3) is 0 Å². The number of fused-ring (bicyclic) bond motifs is 2. The second-order valence-electron chi connectivity index (χ2n) is 10.7. The maximum absolute atomic E-state index is 6.52. The van der Waals surface area contributed by atoms with Crippen molar-refractivity contribution < 1.29 is 4.74 Å². The van der Waals surface area contributed by atoms with Gasteiger partial charge in [-0.15, -0.1) is 0 Å². The first kappa shape index (κ1) is 25.8. The number of anilines is 1. The zero-order valence-electron chi connectivity index (χ0n) is 21.8. The van der Waals surface area contributed by atoms with Gasteiger partial charge in [-0.05, 0) is 69.0 Å². The predicted molar refractivity (Wildman–Crippen MR) is 152 cm³/mol. The molecule has 1 N–H and O–H groups in total. The normalized spacial score (nSPS) is 21.0. The molecule has 1 atom stereocenters. The van der Waals surface area contributed by atoms with Gasteiger partial charge in [0, 0.05) is 56.6 Å². The van der Waals surface area contributed by atoms with Gasteiger partial charge in [0.15, 0.2) is 0 Å². The molecule has 6 rings (SSSR count). The maximum atomic E-state index is 6.52. The van der Waals surface area contributed by atoms with E-state index in [0.717, 1.165) is 69.2 Å². The van der Waals surface area contributed by atoms with E-state index in [1.54, 1.807) is 18.5 Å². The van der Waals surface area contributed by atoms with Crippen LogP contribution in [0.2, 0.25) is 10.0 Å². The van der Waals surface area contributed by atoms with Crippen molar-refractivity contribution in [1.82, 2.24) is 25.2 Å².